The minimum atomic E-state index is -0.403. The number of thiophene rings is 1. The molecule has 2 aliphatic rings. The Morgan fingerprint density at radius 3 is 2.08 bits per heavy atom. The van der Waals surface area contributed by atoms with Crippen molar-refractivity contribution in [3.8, 4) is 11.1 Å². The maximum absolute atomic E-state index is 12.9. The fourth-order valence-corrected chi connectivity index (χ4v) is 4.73. The molecule has 1 aliphatic carbocycles. The molecule has 0 saturated carbocycles. The summed E-state index contributed by atoms with van der Waals surface area (Å²) in [4.78, 5) is 39.5. The van der Waals surface area contributed by atoms with E-state index in [1.807, 2.05) is 6.07 Å². The van der Waals surface area contributed by atoms with Gasteiger partial charge in [-0.2, -0.15) is 0 Å². The fraction of sp³-hybridized carbons (Fsp3) is 0. The van der Waals surface area contributed by atoms with Crippen LogP contribution < -0.4 is 4.90 Å². The third-order valence-corrected chi connectivity index (χ3v) is 5.81. The van der Waals surface area contributed by atoms with Gasteiger partial charge in [0, 0.05) is 16.5 Å². The van der Waals surface area contributed by atoms with E-state index in [2.05, 4.69) is 0 Å². The maximum Gasteiger partial charge on any atom is 0.266 e. The standard InChI is InChI=1S/C19H8ClNO3S/c20-13-7-3-6-9-12-8-25-19(15(12)16(22)14(9)13)21-17(23)10-4-1-2-5-11(10)18(21)24/h1-8H. The van der Waals surface area contributed by atoms with E-state index >= 15 is 0 Å². The molecule has 25 heavy (non-hydrogen) atoms. The van der Waals surface area contributed by atoms with Crippen molar-refractivity contribution in [1.29, 1.82) is 0 Å². The average Bonchev–Trinajstić information content (AvgIpc) is 3.23. The Kier molecular flexibility index (Phi) is 2.84. The van der Waals surface area contributed by atoms with Crippen molar-refractivity contribution in [1.82, 2.24) is 0 Å². The molecule has 1 aromatic heterocycles. The van der Waals surface area contributed by atoms with Crippen molar-refractivity contribution < 1.29 is 14.4 Å². The Hall–Kier alpha value is -2.76. The lowest BCUT2D eigenvalue weighted by molar-refractivity contribution is 0.0927. The molecule has 0 N–H and O–H groups in total. The minimum Gasteiger partial charge on any atom is -0.288 e. The molecule has 0 atom stereocenters. The summed E-state index contributed by atoms with van der Waals surface area (Å²) in [7, 11) is 0. The van der Waals surface area contributed by atoms with Gasteiger partial charge in [-0.05, 0) is 23.8 Å². The molecule has 2 aromatic carbocycles. The topological polar surface area (TPSA) is 54.5 Å². The number of ketones is 1. The van der Waals surface area contributed by atoms with Gasteiger partial charge in [0.05, 0.1) is 21.7 Å². The zero-order chi connectivity index (χ0) is 17.3. The molecule has 0 saturated heterocycles. The molecule has 0 radical (unpaired) electrons. The van der Waals surface area contributed by atoms with Gasteiger partial charge in [0.15, 0.2) is 5.78 Å². The second-order valence-corrected chi connectivity index (χ2v) is 7.08. The van der Waals surface area contributed by atoms with Gasteiger partial charge in [0.1, 0.15) is 5.00 Å². The van der Waals surface area contributed by atoms with Crippen LogP contribution in [0.3, 0.4) is 0 Å². The van der Waals surface area contributed by atoms with Gasteiger partial charge in [-0.1, -0.05) is 35.9 Å². The minimum absolute atomic E-state index is 0.247. The van der Waals surface area contributed by atoms with E-state index < -0.39 is 11.8 Å². The molecule has 0 bridgehead atoms. The highest BCUT2D eigenvalue weighted by Gasteiger charge is 2.42. The molecule has 1 aliphatic heterocycles. The normalized spacial score (nSPS) is 14.8. The van der Waals surface area contributed by atoms with Crippen molar-refractivity contribution >= 4 is 45.5 Å². The van der Waals surface area contributed by atoms with E-state index in [4.69, 9.17) is 11.6 Å². The van der Waals surface area contributed by atoms with Crippen molar-refractivity contribution in [3.05, 3.63) is 75.1 Å². The largest absolute Gasteiger partial charge is 0.288 e. The van der Waals surface area contributed by atoms with Crippen LogP contribution in [0.25, 0.3) is 11.1 Å². The van der Waals surface area contributed by atoms with Gasteiger partial charge < -0.3 is 0 Å². The summed E-state index contributed by atoms with van der Waals surface area (Å²) in [6, 6.07) is 11.9. The lowest BCUT2D eigenvalue weighted by Crippen LogP contribution is -2.29. The SMILES string of the molecule is O=C1c2c(Cl)cccc2-c2csc(N3C(=O)c4ccccc4C3=O)c21. The maximum atomic E-state index is 12.9. The lowest BCUT2D eigenvalue weighted by Gasteiger charge is -2.12. The van der Waals surface area contributed by atoms with E-state index in [0.717, 1.165) is 16.0 Å². The third kappa shape index (κ3) is 1.74. The Bertz CT molecular complexity index is 1100. The molecular weight excluding hydrogens is 358 g/mol. The quantitative estimate of drug-likeness (QED) is 0.469. The number of benzene rings is 2. The summed E-state index contributed by atoms with van der Waals surface area (Å²) in [5.41, 5.74) is 2.99. The molecule has 0 spiro atoms. The number of nitrogens with zero attached hydrogens (tertiary/aromatic N) is 1. The van der Waals surface area contributed by atoms with E-state index in [-0.39, 0.29) is 5.78 Å². The second kappa shape index (κ2) is 4.88. The van der Waals surface area contributed by atoms with E-state index in [1.54, 1.807) is 41.8 Å². The average molecular weight is 366 g/mol. The van der Waals surface area contributed by atoms with E-state index in [0.29, 0.717) is 32.3 Å². The monoisotopic (exact) mass is 365 g/mol. The van der Waals surface area contributed by atoms with E-state index in [1.165, 1.54) is 11.3 Å². The molecular formula is C19H8ClNO3S. The molecule has 0 fully saturated rings. The number of anilines is 1. The highest BCUT2D eigenvalue weighted by Crippen LogP contribution is 2.48. The molecule has 0 unspecified atom stereocenters. The lowest BCUT2D eigenvalue weighted by atomic mass is 10.1. The number of imide groups is 1. The van der Waals surface area contributed by atoms with Gasteiger partial charge in [-0.25, -0.2) is 4.90 Å². The Morgan fingerprint density at radius 1 is 0.760 bits per heavy atom. The van der Waals surface area contributed by atoms with Crippen molar-refractivity contribution in [2.75, 3.05) is 4.90 Å². The summed E-state index contributed by atoms with van der Waals surface area (Å²) in [6.07, 6.45) is 0. The van der Waals surface area contributed by atoms with Gasteiger partial charge in [0.25, 0.3) is 11.8 Å². The highest BCUT2D eigenvalue weighted by molar-refractivity contribution is 7.15. The first-order chi connectivity index (χ1) is 12.1. The number of fused-ring (bicyclic) bond motifs is 4. The number of halogens is 1. The predicted molar refractivity (Wildman–Crippen MR) is 95.8 cm³/mol. The number of hydrogen-bond donors (Lipinski definition) is 0. The van der Waals surface area contributed by atoms with Crippen LogP contribution in [0.4, 0.5) is 5.00 Å². The number of carbonyl (C=O) groups is 3. The van der Waals surface area contributed by atoms with Crippen molar-refractivity contribution in [3.63, 3.8) is 0 Å². The second-order valence-electron chi connectivity index (χ2n) is 5.81. The summed E-state index contributed by atoms with van der Waals surface area (Å²) < 4.78 is 0. The number of amides is 2. The molecule has 6 heteroatoms. The van der Waals surface area contributed by atoms with Crippen LogP contribution >= 0.6 is 22.9 Å². The van der Waals surface area contributed by atoms with E-state index in [9.17, 15) is 14.4 Å². The van der Waals surface area contributed by atoms with Gasteiger partial charge in [0.2, 0.25) is 0 Å². The summed E-state index contributed by atoms with van der Waals surface area (Å²) >= 11 is 7.41. The van der Waals surface area contributed by atoms with Crippen molar-refractivity contribution in [2.24, 2.45) is 0 Å². The molecule has 4 nitrogen and oxygen atoms in total. The molecule has 2 amide bonds. The first-order valence-corrected chi connectivity index (χ1v) is 8.78. The van der Waals surface area contributed by atoms with Gasteiger partial charge in [-0.3, -0.25) is 14.4 Å². The summed E-state index contributed by atoms with van der Waals surface area (Å²) in [5.74, 6) is -1.05. The van der Waals surface area contributed by atoms with Crippen LogP contribution in [0.1, 0.15) is 36.6 Å². The third-order valence-electron chi connectivity index (χ3n) is 4.53. The van der Waals surface area contributed by atoms with Crippen molar-refractivity contribution in [2.45, 2.75) is 0 Å². The van der Waals surface area contributed by atoms with Crippen LogP contribution in [-0.4, -0.2) is 17.6 Å². The number of hydrogen-bond acceptors (Lipinski definition) is 4. The van der Waals surface area contributed by atoms with Crippen LogP contribution in [0.2, 0.25) is 5.02 Å². The van der Waals surface area contributed by atoms with Gasteiger partial charge in [-0.15, -0.1) is 11.3 Å². The van der Waals surface area contributed by atoms with Crippen LogP contribution in [-0.2, 0) is 0 Å². The first-order valence-electron chi connectivity index (χ1n) is 7.52. The molecule has 5 rings (SSSR count). The summed E-state index contributed by atoms with van der Waals surface area (Å²) in [6.45, 7) is 0. The highest BCUT2D eigenvalue weighted by atomic mass is 35.5. The molecule has 2 heterocycles. The smallest absolute Gasteiger partial charge is 0.266 e. The van der Waals surface area contributed by atoms with Crippen LogP contribution in [0.15, 0.2) is 47.8 Å². The zero-order valence-corrected chi connectivity index (χ0v) is 14.1. The first kappa shape index (κ1) is 14.6. The van der Waals surface area contributed by atoms with Crippen LogP contribution in [0.5, 0.6) is 0 Å². The zero-order valence-electron chi connectivity index (χ0n) is 12.6. The fourth-order valence-electron chi connectivity index (χ4n) is 3.41. The number of carbonyl (C=O) groups excluding carboxylic acids is 3. The molecule has 120 valence electrons. The Morgan fingerprint density at radius 2 is 1.40 bits per heavy atom. The van der Waals surface area contributed by atoms with Gasteiger partial charge >= 0.3 is 0 Å². The van der Waals surface area contributed by atoms with Crippen LogP contribution in [0, 0.1) is 0 Å². The Balaban J connectivity index is 1.70. The summed E-state index contributed by atoms with van der Waals surface area (Å²) in [5, 5.41) is 2.53. The Labute approximate surface area is 151 Å². The number of rotatable bonds is 1. The predicted octanol–water partition coefficient (Wildman–Crippen LogP) is 4.41. The molecule has 3 aromatic rings.